The third kappa shape index (κ3) is 12.9. The summed E-state index contributed by atoms with van der Waals surface area (Å²) in [6.07, 6.45) is 10.0. The molecule has 0 aromatic carbocycles. The number of hydrogen-bond acceptors (Lipinski definition) is 0. The average molecular weight is 483 g/mol. The Hall–Kier alpha value is 1.79. The maximum atomic E-state index is 2.99. The first-order chi connectivity index (χ1) is 2.50. The van der Waals surface area contributed by atoms with E-state index in [0.29, 0.717) is 0 Å². The molecule has 0 unspecified atom stereocenters. The van der Waals surface area contributed by atoms with Crippen molar-refractivity contribution in [3.8, 4) is 0 Å². The molecule has 4 heteroatoms. The Morgan fingerprint density at radius 2 is 1.67 bits per heavy atom. The first-order valence-corrected chi connectivity index (χ1v) is 1.72. The van der Waals surface area contributed by atoms with Crippen molar-refractivity contribution in [2.75, 3.05) is 0 Å². The van der Waals surface area contributed by atoms with E-state index in [-0.39, 0.29) is 76.8 Å². The van der Waals surface area contributed by atoms with E-state index in [1.54, 1.807) is 0 Å². The fraction of sp³-hybridized carbons (Fsp3) is 0.200. The molecule has 1 aliphatic carbocycles. The first-order valence-electron chi connectivity index (χ1n) is 1.72. The second kappa shape index (κ2) is 16.4. The molecule has 0 radical (unpaired) electrons. The number of rotatable bonds is 0. The van der Waals surface area contributed by atoms with Crippen molar-refractivity contribution in [3.63, 3.8) is 0 Å². The molecule has 0 bridgehead atoms. The van der Waals surface area contributed by atoms with Gasteiger partial charge >= 0.3 is 25.8 Å². The van der Waals surface area contributed by atoms with Crippen LogP contribution in [-0.4, -0.2) is 0 Å². The molecule has 0 amide bonds. The van der Waals surface area contributed by atoms with Crippen LogP contribution in [0.5, 0.6) is 0 Å². The molecule has 1 aliphatic rings. The van der Waals surface area contributed by atoms with E-state index in [1.807, 2.05) is 12.2 Å². The predicted molar refractivity (Wildman–Crippen MR) is 21.6 cm³/mol. The molecule has 0 fully saturated rings. The van der Waals surface area contributed by atoms with Gasteiger partial charge in [0.2, 0.25) is 0 Å². The van der Waals surface area contributed by atoms with E-state index in [4.69, 9.17) is 0 Å². The molecule has 50 valence electrons. The minimum Gasteiger partial charge on any atom is -1.00 e. The fourth-order valence-corrected chi connectivity index (χ4v) is 0.340. The van der Waals surface area contributed by atoms with Crippen molar-refractivity contribution in [2.24, 2.45) is 0 Å². The summed E-state index contributed by atoms with van der Waals surface area (Å²) < 4.78 is 0. The van der Waals surface area contributed by atoms with Crippen molar-refractivity contribution in [2.45, 2.75) is 6.42 Å². The standard InChI is InChI=1S/C5H5.3BrH.Hf/c1-2-4-5-3-1;;;;/h1-3H,4H2;3*1H;/q-1;;;;+4/p-3. The summed E-state index contributed by atoms with van der Waals surface area (Å²) >= 11 is 0. The minimum absolute atomic E-state index is 0. The van der Waals surface area contributed by atoms with Gasteiger partial charge in [-0.15, -0.1) is 6.42 Å². The molecule has 0 nitrogen and oxygen atoms in total. The van der Waals surface area contributed by atoms with Crippen LogP contribution in [0.4, 0.5) is 0 Å². The van der Waals surface area contributed by atoms with Crippen LogP contribution in [0.2, 0.25) is 0 Å². The van der Waals surface area contributed by atoms with Crippen LogP contribution in [0, 0.1) is 6.08 Å². The van der Waals surface area contributed by atoms with Crippen LogP contribution in [0.15, 0.2) is 18.2 Å². The molecule has 0 spiro atoms. The summed E-state index contributed by atoms with van der Waals surface area (Å²) in [4.78, 5) is 0. The second-order valence-corrected chi connectivity index (χ2v) is 1.00. The quantitative estimate of drug-likeness (QED) is 0.238. The zero-order chi connectivity index (χ0) is 3.54. The Kier molecular flexibility index (Phi) is 40.9. The number of halogens is 3. The Morgan fingerprint density at radius 3 is 1.78 bits per heavy atom. The molecule has 9 heavy (non-hydrogen) atoms. The molecule has 0 saturated heterocycles. The largest absolute Gasteiger partial charge is 4.00 e. The Balaban J connectivity index is -0.0000000312. The van der Waals surface area contributed by atoms with Crippen LogP contribution >= 0.6 is 0 Å². The van der Waals surface area contributed by atoms with Crippen molar-refractivity contribution in [1.82, 2.24) is 0 Å². The van der Waals surface area contributed by atoms with Gasteiger partial charge in [0, 0.05) is 0 Å². The first kappa shape index (κ1) is 22.4. The maximum Gasteiger partial charge on any atom is 4.00 e. The fourth-order valence-electron chi connectivity index (χ4n) is 0.340. The number of allylic oxidation sites excluding steroid dienone is 4. The normalized spacial score (nSPS) is 9.78. The molecule has 1 rings (SSSR count). The molecule has 0 aromatic rings. The van der Waals surface area contributed by atoms with Gasteiger partial charge in [0.1, 0.15) is 0 Å². The van der Waals surface area contributed by atoms with Crippen LogP contribution in [-0.2, 0) is 25.8 Å². The maximum absolute atomic E-state index is 2.99. The molecular weight excluding hydrogens is 478 g/mol. The smallest absolute Gasteiger partial charge is 1.00 e. The van der Waals surface area contributed by atoms with Crippen LogP contribution in [0.3, 0.4) is 0 Å². The number of hydrogen-bond donors (Lipinski definition) is 0. The van der Waals surface area contributed by atoms with E-state index in [0.717, 1.165) is 6.42 Å². The Labute approximate surface area is 106 Å². The van der Waals surface area contributed by atoms with Gasteiger partial charge in [-0.25, -0.2) is 12.2 Å². The summed E-state index contributed by atoms with van der Waals surface area (Å²) in [5.41, 5.74) is 0. The van der Waals surface area contributed by atoms with Gasteiger partial charge in [-0.3, -0.25) is 6.08 Å². The molecule has 0 N–H and O–H groups in total. The molecular formula is C5H5Br3Hf. The molecule has 0 saturated carbocycles. The van der Waals surface area contributed by atoms with Gasteiger partial charge in [0.15, 0.2) is 0 Å². The van der Waals surface area contributed by atoms with E-state index >= 15 is 0 Å². The van der Waals surface area contributed by atoms with Gasteiger partial charge in [-0.05, 0) is 0 Å². The third-order valence-electron chi connectivity index (χ3n) is 0.586. The van der Waals surface area contributed by atoms with Crippen molar-refractivity contribution < 1.29 is 76.8 Å². The van der Waals surface area contributed by atoms with Crippen molar-refractivity contribution in [1.29, 1.82) is 0 Å². The summed E-state index contributed by atoms with van der Waals surface area (Å²) in [6.45, 7) is 0. The molecule has 0 aromatic heterocycles. The Morgan fingerprint density at radius 1 is 1.11 bits per heavy atom. The van der Waals surface area contributed by atoms with Crippen LogP contribution in [0.1, 0.15) is 6.42 Å². The Bertz CT molecular complexity index is 70.3. The van der Waals surface area contributed by atoms with E-state index in [1.165, 1.54) is 0 Å². The van der Waals surface area contributed by atoms with Crippen LogP contribution < -0.4 is 50.9 Å². The van der Waals surface area contributed by atoms with E-state index < -0.39 is 0 Å². The second-order valence-electron chi connectivity index (χ2n) is 1.00. The molecule has 0 aliphatic heterocycles. The topological polar surface area (TPSA) is 0 Å². The van der Waals surface area contributed by atoms with Gasteiger partial charge in [0.25, 0.3) is 0 Å². The molecule has 0 heterocycles. The van der Waals surface area contributed by atoms with Gasteiger partial charge in [0.05, 0.1) is 0 Å². The summed E-state index contributed by atoms with van der Waals surface area (Å²) in [5.74, 6) is 0. The van der Waals surface area contributed by atoms with Gasteiger partial charge in [-0.2, -0.15) is 6.08 Å². The molecule has 0 atom stereocenters. The summed E-state index contributed by atoms with van der Waals surface area (Å²) in [5, 5.41) is 0. The van der Waals surface area contributed by atoms with Gasteiger partial charge < -0.3 is 50.9 Å². The van der Waals surface area contributed by atoms with Crippen molar-refractivity contribution in [3.05, 3.63) is 24.3 Å². The summed E-state index contributed by atoms with van der Waals surface area (Å²) in [7, 11) is 0. The van der Waals surface area contributed by atoms with Crippen molar-refractivity contribution >= 4 is 0 Å². The third-order valence-corrected chi connectivity index (χ3v) is 0.586. The average Bonchev–Trinajstić information content (AvgIpc) is 1.76. The summed E-state index contributed by atoms with van der Waals surface area (Å²) in [6, 6.07) is 0. The predicted octanol–water partition coefficient (Wildman–Crippen LogP) is -7.68. The van der Waals surface area contributed by atoms with E-state index in [2.05, 4.69) is 12.2 Å². The van der Waals surface area contributed by atoms with E-state index in [9.17, 15) is 0 Å². The van der Waals surface area contributed by atoms with Crippen LogP contribution in [0.25, 0.3) is 0 Å². The SMILES string of the molecule is [Br-].[Br-].[Br-].[C-]1=CC=CC1.[Hf+4]. The zero-order valence-corrected chi connectivity index (χ0v) is 12.9. The zero-order valence-electron chi connectivity index (χ0n) is 4.57. The minimum atomic E-state index is 0. The van der Waals surface area contributed by atoms with Gasteiger partial charge in [-0.1, -0.05) is 0 Å². The monoisotopic (exact) mass is 482 g/mol.